The third kappa shape index (κ3) is 6.33. The Bertz CT molecular complexity index is 1580. The van der Waals surface area contributed by atoms with E-state index < -0.39 is 0 Å². The van der Waals surface area contributed by atoms with Crippen molar-refractivity contribution in [2.75, 3.05) is 31.3 Å². The standard InChI is InChI=1S/C31H38N8.C5H12/c1-5-28-34-27-17-31(12-6-8-21-9-10-25(33)24(18-32)29(21)31)13-11-23(27)30(35-28)38-14-7-15-39-22(19-38)16-26(36-39)20(2)37(3)4;1-5(2,3)4/h9-10,16H,2,5-8,11-15,17,19,33H2,1,3-4H3;1-4H3. The Hall–Kier alpha value is -3.86. The molecule has 0 amide bonds. The SMILES string of the molecule is C=C(c1cc2n(n1)CCCN(c1nc(CC)nc3c1CCC1(CCCc4ccc(N)c(C#N)c41)C3)C2)N(C)C.CC(C)(C)C. The molecule has 3 aromatic rings. The molecule has 0 saturated carbocycles. The maximum absolute atomic E-state index is 10.1. The largest absolute Gasteiger partial charge is 0.398 e. The summed E-state index contributed by atoms with van der Waals surface area (Å²) in [6.45, 7) is 17.7. The van der Waals surface area contributed by atoms with Crippen molar-refractivity contribution < 1.29 is 0 Å². The quantitative estimate of drug-likeness (QED) is 0.347. The first-order chi connectivity index (χ1) is 20.8. The van der Waals surface area contributed by atoms with Crippen LogP contribution >= 0.6 is 0 Å². The molecule has 0 radical (unpaired) electrons. The molecular formula is C36H50N8. The van der Waals surface area contributed by atoms with Crippen LogP contribution in [0.1, 0.15) is 105 Å². The van der Waals surface area contributed by atoms with E-state index >= 15 is 0 Å². The predicted molar refractivity (Wildman–Crippen MR) is 179 cm³/mol. The van der Waals surface area contributed by atoms with Crippen LogP contribution in [0.3, 0.4) is 0 Å². The van der Waals surface area contributed by atoms with E-state index in [0.717, 1.165) is 99.7 Å². The van der Waals surface area contributed by atoms with Gasteiger partial charge in [-0.3, -0.25) is 4.68 Å². The van der Waals surface area contributed by atoms with E-state index in [1.165, 1.54) is 22.4 Å². The predicted octanol–water partition coefficient (Wildman–Crippen LogP) is 6.45. The van der Waals surface area contributed by atoms with Gasteiger partial charge in [-0.15, -0.1) is 0 Å². The van der Waals surface area contributed by atoms with Crippen LogP contribution in [0.25, 0.3) is 5.70 Å². The summed E-state index contributed by atoms with van der Waals surface area (Å²) in [5, 5.41) is 14.9. The van der Waals surface area contributed by atoms with Crippen molar-refractivity contribution in [2.45, 2.75) is 104 Å². The summed E-state index contributed by atoms with van der Waals surface area (Å²) in [5.74, 6) is 1.97. The first-order valence-electron chi connectivity index (χ1n) is 16.2. The highest BCUT2D eigenvalue weighted by Gasteiger charge is 2.43. The number of anilines is 2. The third-order valence-corrected chi connectivity index (χ3v) is 9.01. The molecule has 44 heavy (non-hydrogen) atoms. The molecule has 1 spiro atoms. The highest BCUT2D eigenvalue weighted by atomic mass is 15.3. The maximum atomic E-state index is 10.1. The molecule has 0 fully saturated rings. The minimum Gasteiger partial charge on any atom is -0.398 e. The van der Waals surface area contributed by atoms with Crippen LogP contribution in [0.5, 0.6) is 0 Å². The lowest BCUT2D eigenvalue weighted by Gasteiger charge is -2.44. The topological polar surface area (TPSA) is 99.9 Å². The number of fused-ring (bicyclic) bond motifs is 4. The van der Waals surface area contributed by atoms with Crippen LogP contribution < -0.4 is 10.6 Å². The van der Waals surface area contributed by atoms with Gasteiger partial charge in [0.2, 0.25) is 0 Å². The molecular weight excluding hydrogens is 544 g/mol. The summed E-state index contributed by atoms with van der Waals surface area (Å²) < 4.78 is 2.14. The van der Waals surface area contributed by atoms with E-state index in [0.29, 0.717) is 16.7 Å². The Labute approximate surface area is 264 Å². The number of nitrogens with two attached hydrogens (primary N) is 1. The Morgan fingerprint density at radius 3 is 2.55 bits per heavy atom. The number of aryl methyl sites for hydroxylation is 3. The van der Waals surface area contributed by atoms with Gasteiger partial charge in [-0.2, -0.15) is 10.4 Å². The summed E-state index contributed by atoms with van der Waals surface area (Å²) in [6.07, 6.45) is 7.75. The minimum absolute atomic E-state index is 0.0868. The molecule has 8 heteroatoms. The van der Waals surface area contributed by atoms with Gasteiger partial charge in [-0.1, -0.05) is 47.3 Å². The third-order valence-electron chi connectivity index (χ3n) is 9.01. The molecule has 2 aliphatic carbocycles. The van der Waals surface area contributed by atoms with Gasteiger partial charge in [-0.25, -0.2) is 9.97 Å². The second kappa shape index (κ2) is 12.3. The number of nitriles is 1. The van der Waals surface area contributed by atoms with Gasteiger partial charge in [0, 0.05) is 50.3 Å². The van der Waals surface area contributed by atoms with Gasteiger partial charge >= 0.3 is 0 Å². The van der Waals surface area contributed by atoms with Gasteiger partial charge in [0.15, 0.2) is 0 Å². The smallest absolute Gasteiger partial charge is 0.136 e. The van der Waals surface area contributed by atoms with Crippen LogP contribution in [-0.4, -0.2) is 45.3 Å². The van der Waals surface area contributed by atoms with Crippen molar-refractivity contribution in [2.24, 2.45) is 5.41 Å². The molecule has 2 aromatic heterocycles. The van der Waals surface area contributed by atoms with E-state index in [-0.39, 0.29) is 5.41 Å². The molecule has 0 bridgehead atoms. The number of benzene rings is 1. The van der Waals surface area contributed by atoms with Gasteiger partial charge in [0.05, 0.1) is 29.2 Å². The molecule has 234 valence electrons. The van der Waals surface area contributed by atoms with E-state index in [4.69, 9.17) is 20.8 Å². The molecule has 8 nitrogen and oxygen atoms in total. The van der Waals surface area contributed by atoms with E-state index in [9.17, 15) is 5.26 Å². The van der Waals surface area contributed by atoms with Crippen molar-refractivity contribution in [3.63, 3.8) is 0 Å². The van der Waals surface area contributed by atoms with Crippen molar-refractivity contribution in [1.29, 1.82) is 5.26 Å². The lowest BCUT2D eigenvalue weighted by Crippen LogP contribution is -2.39. The second-order valence-corrected chi connectivity index (χ2v) is 14.6. The second-order valence-electron chi connectivity index (χ2n) is 14.6. The molecule has 6 rings (SSSR count). The Morgan fingerprint density at radius 1 is 1.11 bits per heavy atom. The van der Waals surface area contributed by atoms with Crippen LogP contribution in [0.2, 0.25) is 0 Å². The van der Waals surface area contributed by atoms with Gasteiger partial charge < -0.3 is 15.5 Å². The van der Waals surface area contributed by atoms with Crippen LogP contribution in [0.4, 0.5) is 11.5 Å². The fourth-order valence-corrected chi connectivity index (χ4v) is 6.94. The minimum atomic E-state index is -0.0868. The van der Waals surface area contributed by atoms with E-state index in [1.54, 1.807) is 0 Å². The number of hydrogen-bond acceptors (Lipinski definition) is 7. The fourth-order valence-electron chi connectivity index (χ4n) is 6.94. The molecule has 1 aliphatic heterocycles. The summed E-state index contributed by atoms with van der Waals surface area (Å²) in [6, 6.07) is 8.68. The summed E-state index contributed by atoms with van der Waals surface area (Å²) in [4.78, 5) is 14.7. The van der Waals surface area contributed by atoms with Crippen molar-refractivity contribution in [3.8, 4) is 6.07 Å². The monoisotopic (exact) mass is 594 g/mol. The van der Waals surface area contributed by atoms with Crippen LogP contribution in [0.15, 0.2) is 24.8 Å². The summed E-state index contributed by atoms with van der Waals surface area (Å²) in [5.41, 5.74) is 16.0. The lowest BCUT2D eigenvalue weighted by atomic mass is 9.61. The molecule has 1 atom stereocenters. The normalized spacial score (nSPS) is 19.1. The highest BCUT2D eigenvalue weighted by molar-refractivity contribution is 5.64. The average molecular weight is 595 g/mol. The van der Waals surface area contributed by atoms with Gasteiger partial charge in [-0.05, 0) is 73.6 Å². The van der Waals surface area contributed by atoms with Gasteiger partial charge in [0.25, 0.3) is 0 Å². The number of nitrogens with zero attached hydrogens (tertiary/aromatic N) is 7. The Kier molecular flexibility index (Phi) is 8.80. The van der Waals surface area contributed by atoms with E-state index in [2.05, 4.69) is 69.0 Å². The average Bonchev–Trinajstić information content (AvgIpc) is 3.26. The molecule has 3 heterocycles. The maximum Gasteiger partial charge on any atom is 0.136 e. The molecule has 1 aromatic carbocycles. The van der Waals surface area contributed by atoms with Crippen molar-refractivity contribution >= 4 is 17.2 Å². The molecule has 0 saturated heterocycles. The Morgan fingerprint density at radius 2 is 1.86 bits per heavy atom. The first-order valence-corrected chi connectivity index (χ1v) is 16.2. The zero-order valence-corrected chi connectivity index (χ0v) is 27.9. The fraction of sp³-hybridized carbons (Fsp3) is 0.556. The van der Waals surface area contributed by atoms with Crippen LogP contribution in [-0.2, 0) is 44.2 Å². The number of nitrogen functional groups attached to an aromatic ring is 1. The number of rotatable bonds is 4. The van der Waals surface area contributed by atoms with Gasteiger partial charge in [0.1, 0.15) is 23.4 Å². The molecule has 2 N–H and O–H groups in total. The zero-order valence-electron chi connectivity index (χ0n) is 27.9. The van der Waals surface area contributed by atoms with Crippen molar-refractivity contribution in [3.05, 3.63) is 69.9 Å². The summed E-state index contributed by atoms with van der Waals surface area (Å²) >= 11 is 0. The summed E-state index contributed by atoms with van der Waals surface area (Å²) in [7, 11) is 4.01. The zero-order chi connectivity index (χ0) is 31.8. The van der Waals surface area contributed by atoms with Crippen molar-refractivity contribution in [1.82, 2.24) is 24.6 Å². The lowest BCUT2D eigenvalue weighted by molar-refractivity contribution is 0.311. The number of aromatic nitrogens is 4. The molecule has 1 unspecified atom stereocenters. The van der Waals surface area contributed by atoms with Crippen LogP contribution in [0, 0.1) is 16.7 Å². The number of hydrogen-bond donors (Lipinski definition) is 1. The van der Waals surface area contributed by atoms with E-state index in [1.807, 2.05) is 25.1 Å². The highest BCUT2D eigenvalue weighted by Crippen LogP contribution is 2.49. The Balaban J connectivity index is 0.000000712. The molecule has 3 aliphatic rings. The first kappa shape index (κ1) is 31.6.